The van der Waals surface area contributed by atoms with Gasteiger partial charge in [-0.2, -0.15) is 0 Å². The lowest BCUT2D eigenvalue weighted by Gasteiger charge is -2.09. The minimum atomic E-state index is 0.640. The first-order valence-electron chi connectivity index (χ1n) is 17.7. The van der Waals surface area contributed by atoms with Gasteiger partial charge in [0.25, 0.3) is 0 Å². The maximum Gasteiger partial charge on any atom is 0.200 e. The normalized spacial score (nSPS) is 11.5. The van der Waals surface area contributed by atoms with Gasteiger partial charge in [0, 0.05) is 25.2 Å². The molecule has 0 radical (unpaired) electrons. The lowest BCUT2D eigenvalue weighted by Crippen LogP contribution is -2.07. The van der Waals surface area contributed by atoms with Crippen LogP contribution in [-0.4, -0.2) is 60.4 Å². The van der Waals surface area contributed by atoms with E-state index in [0.717, 1.165) is 63.0 Å². The summed E-state index contributed by atoms with van der Waals surface area (Å²) in [4.78, 5) is 5.01. The zero-order valence-corrected chi connectivity index (χ0v) is 27.9. The molecule has 0 aliphatic heterocycles. The Bertz CT molecular complexity index is 1280. The van der Waals surface area contributed by atoms with Crippen molar-refractivity contribution in [2.24, 2.45) is 0 Å². The SMILES string of the molecule is CCCCCCCCn1cc(-c2cc(-c3nnnn3CCCCCCCC)nc(-c3nnnn3CCCCCCCC)c2)nn1. The van der Waals surface area contributed by atoms with Crippen LogP contribution >= 0.6 is 0 Å². The first kappa shape index (κ1) is 34.3. The molecule has 0 spiro atoms. The predicted octanol–water partition coefficient (Wildman–Crippen LogP) is 7.73. The molecule has 12 heteroatoms. The highest BCUT2D eigenvalue weighted by Gasteiger charge is 2.19. The van der Waals surface area contributed by atoms with E-state index in [9.17, 15) is 0 Å². The van der Waals surface area contributed by atoms with E-state index in [1.54, 1.807) is 0 Å². The Labute approximate surface area is 268 Å². The number of pyridine rings is 1. The maximum atomic E-state index is 5.01. The van der Waals surface area contributed by atoms with Crippen molar-refractivity contribution in [1.29, 1.82) is 0 Å². The maximum absolute atomic E-state index is 5.01. The predicted molar refractivity (Wildman–Crippen MR) is 177 cm³/mol. The zero-order chi connectivity index (χ0) is 31.5. The summed E-state index contributed by atoms with van der Waals surface area (Å²) >= 11 is 0. The van der Waals surface area contributed by atoms with Gasteiger partial charge in [0.05, 0.1) is 6.20 Å². The highest BCUT2D eigenvalue weighted by atomic mass is 15.6. The standard InChI is InChI=1S/C33H54N12/c1-4-7-10-13-16-19-22-43-27-31(35-40-43)28-25-29(32-36-38-41-44(32)23-20-17-14-11-8-5-2)34-30(26-28)33-37-39-42-45(33)24-21-18-15-12-9-6-3/h25-27H,4-24H2,1-3H3. The Morgan fingerprint density at radius 3 is 1.40 bits per heavy atom. The highest BCUT2D eigenvalue weighted by Crippen LogP contribution is 2.28. The van der Waals surface area contributed by atoms with Gasteiger partial charge in [0.15, 0.2) is 0 Å². The van der Waals surface area contributed by atoms with Crippen molar-refractivity contribution in [2.45, 2.75) is 156 Å². The number of tetrazole rings is 2. The molecule has 246 valence electrons. The molecule has 0 aliphatic carbocycles. The van der Waals surface area contributed by atoms with Crippen LogP contribution < -0.4 is 0 Å². The molecule has 0 saturated carbocycles. The van der Waals surface area contributed by atoms with Crippen LogP contribution in [0.4, 0.5) is 0 Å². The number of aromatic nitrogens is 12. The number of aryl methyl sites for hydroxylation is 3. The molecule has 0 bridgehead atoms. The molecule has 0 aromatic carbocycles. The van der Waals surface area contributed by atoms with E-state index in [2.05, 4.69) is 62.1 Å². The second-order valence-electron chi connectivity index (χ2n) is 12.2. The molecule has 0 saturated heterocycles. The van der Waals surface area contributed by atoms with Crippen LogP contribution in [0.3, 0.4) is 0 Å². The third-order valence-electron chi connectivity index (χ3n) is 8.37. The third kappa shape index (κ3) is 11.1. The minimum absolute atomic E-state index is 0.640. The van der Waals surface area contributed by atoms with Crippen LogP contribution in [-0.2, 0) is 19.6 Å². The minimum Gasteiger partial charge on any atom is -0.252 e. The average Bonchev–Trinajstić information content (AvgIpc) is 3.84. The van der Waals surface area contributed by atoms with Crippen molar-refractivity contribution < 1.29 is 0 Å². The first-order valence-corrected chi connectivity index (χ1v) is 17.7. The fourth-order valence-corrected chi connectivity index (χ4v) is 5.66. The van der Waals surface area contributed by atoms with Gasteiger partial charge in [-0.1, -0.05) is 122 Å². The Balaban J connectivity index is 1.54. The molecule has 4 aromatic rings. The van der Waals surface area contributed by atoms with Gasteiger partial charge in [-0.05, 0) is 52.2 Å². The van der Waals surface area contributed by atoms with Gasteiger partial charge in [0.1, 0.15) is 17.1 Å². The van der Waals surface area contributed by atoms with Gasteiger partial charge in [-0.25, -0.2) is 14.3 Å². The quantitative estimate of drug-likeness (QED) is 0.0724. The number of unbranched alkanes of at least 4 members (excludes halogenated alkanes) is 15. The van der Waals surface area contributed by atoms with E-state index in [4.69, 9.17) is 4.98 Å². The van der Waals surface area contributed by atoms with Gasteiger partial charge >= 0.3 is 0 Å². The summed E-state index contributed by atoms with van der Waals surface area (Å²) in [6.45, 7) is 9.09. The summed E-state index contributed by atoms with van der Waals surface area (Å²) in [5, 5.41) is 34.4. The molecule has 0 N–H and O–H groups in total. The van der Waals surface area contributed by atoms with E-state index in [1.165, 1.54) is 83.5 Å². The molecular formula is C33H54N12. The Morgan fingerprint density at radius 1 is 0.467 bits per heavy atom. The van der Waals surface area contributed by atoms with E-state index >= 15 is 0 Å². The summed E-state index contributed by atoms with van der Waals surface area (Å²) in [5.41, 5.74) is 3.04. The van der Waals surface area contributed by atoms with Crippen LogP contribution in [0.25, 0.3) is 34.3 Å². The second-order valence-corrected chi connectivity index (χ2v) is 12.2. The molecule has 45 heavy (non-hydrogen) atoms. The van der Waals surface area contributed by atoms with Gasteiger partial charge < -0.3 is 0 Å². The van der Waals surface area contributed by atoms with Crippen molar-refractivity contribution in [2.75, 3.05) is 0 Å². The van der Waals surface area contributed by atoms with Crippen molar-refractivity contribution in [3.8, 4) is 34.3 Å². The van der Waals surface area contributed by atoms with Crippen LogP contribution in [0.1, 0.15) is 136 Å². The molecule has 0 aliphatic rings. The lowest BCUT2D eigenvalue weighted by atomic mass is 10.1. The van der Waals surface area contributed by atoms with E-state index < -0.39 is 0 Å². The van der Waals surface area contributed by atoms with Gasteiger partial charge in [0.2, 0.25) is 11.6 Å². The van der Waals surface area contributed by atoms with Crippen LogP contribution in [0.2, 0.25) is 0 Å². The average molecular weight is 619 g/mol. The van der Waals surface area contributed by atoms with Crippen molar-refractivity contribution in [3.05, 3.63) is 18.3 Å². The molecule has 12 nitrogen and oxygen atoms in total. The Kier molecular flexibility index (Phi) is 15.0. The van der Waals surface area contributed by atoms with Crippen molar-refractivity contribution in [3.63, 3.8) is 0 Å². The Hall–Kier alpha value is -3.57. The molecule has 0 atom stereocenters. The van der Waals surface area contributed by atoms with Crippen LogP contribution in [0.15, 0.2) is 18.3 Å². The summed E-state index contributed by atoms with van der Waals surface area (Å²) in [5.74, 6) is 1.28. The number of rotatable bonds is 24. The largest absolute Gasteiger partial charge is 0.252 e. The monoisotopic (exact) mass is 618 g/mol. The zero-order valence-electron chi connectivity index (χ0n) is 27.9. The molecule has 0 amide bonds. The second kappa shape index (κ2) is 19.7. The summed E-state index contributed by atoms with van der Waals surface area (Å²) in [6.07, 6.45) is 23.9. The molecule has 4 rings (SSSR count). The third-order valence-corrected chi connectivity index (χ3v) is 8.37. The van der Waals surface area contributed by atoms with E-state index in [0.29, 0.717) is 23.0 Å². The van der Waals surface area contributed by atoms with E-state index in [1.807, 2.05) is 32.4 Å². The molecular weight excluding hydrogens is 564 g/mol. The molecule has 4 aromatic heterocycles. The fourth-order valence-electron chi connectivity index (χ4n) is 5.66. The van der Waals surface area contributed by atoms with E-state index in [-0.39, 0.29) is 0 Å². The number of hydrogen-bond donors (Lipinski definition) is 0. The first-order chi connectivity index (χ1) is 22.2. The number of nitrogens with zero attached hydrogens (tertiary/aromatic N) is 12. The Morgan fingerprint density at radius 2 is 0.911 bits per heavy atom. The smallest absolute Gasteiger partial charge is 0.200 e. The van der Waals surface area contributed by atoms with Crippen molar-refractivity contribution >= 4 is 0 Å². The lowest BCUT2D eigenvalue weighted by molar-refractivity contribution is 0.516. The topological polar surface area (TPSA) is 131 Å². The summed E-state index contributed by atoms with van der Waals surface area (Å²) < 4.78 is 5.68. The summed E-state index contributed by atoms with van der Waals surface area (Å²) in [7, 11) is 0. The van der Waals surface area contributed by atoms with Crippen LogP contribution in [0.5, 0.6) is 0 Å². The molecule has 0 fully saturated rings. The summed E-state index contributed by atoms with van der Waals surface area (Å²) in [6, 6.07) is 4.02. The molecule has 0 unspecified atom stereocenters. The molecule has 4 heterocycles. The highest BCUT2D eigenvalue weighted by molar-refractivity contribution is 5.70. The van der Waals surface area contributed by atoms with Crippen LogP contribution in [0, 0.1) is 0 Å². The van der Waals surface area contributed by atoms with Gasteiger partial charge in [-0.3, -0.25) is 4.68 Å². The van der Waals surface area contributed by atoms with Crippen molar-refractivity contribution in [1.82, 2.24) is 60.4 Å². The fraction of sp³-hybridized carbons (Fsp3) is 0.727. The van der Waals surface area contributed by atoms with Gasteiger partial charge in [-0.15, -0.1) is 15.3 Å². The number of hydrogen-bond acceptors (Lipinski definition) is 9.